The first-order chi connectivity index (χ1) is 3.72. The van der Waals surface area contributed by atoms with E-state index < -0.39 is 0 Å². The number of carbonyl (C=O) groups excluding carboxylic acids is 1. The summed E-state index contributed by atoms with van der Waals surface area (Å²) in [5, 5.41) is 10.6. The van der Waals surface area contributed by atoms with Gasteiger partial charge in [-0.3, -0.25) is 4.79 Å². The highest BCUT2D eigenvalue weighted by Crippen LogP contribution is 1.83. The first-order valence-electron chi connectivity index (χ1n) is 2.00. The van der Waals surface area contributed by atoms with Crippen LogP contribution < -0.4 is 0 Å². The monoisotopic (exact) mass is 135 g/mol. The van der Waals surface area contributed by atoms with Gasteiger partial charge in [0.1, 0.15) is 5.71 Å². The molecule has 0 amide bonds. The molecule has 0 aliphatic rings. The van der Waals surface area contributed by atoms with Crippen molar-refractivity contribution in [3.63, 3.8) is 0 Å². The van der Waals surface area contributed by atoms with Crippen LogP contribution >= 0.6 is 11.6 Å². The Bertz CT molecular complexity index is 121. The second-order valence-electron chi connectivity index (χ2n) is 1.24. The van der Waals surface area contributed by atoms with Gasteiger partial charge in [-0.05, 0) is 0 Å². The smallest absolute Gasteiger partial charge is 0.178 e. The van der Waals surface area contributed by atoms with E-state index in [1.54, 1.807) is 0 Å². The van der Waals surface area contributed by atoms with Crippen LogP contribution in [0.4, 0.5) is 0 Å². The lowest BCUT2D eigenvalue weighted by Crippen LogP contribution is -2.10. The van der Waals surface area contributed by atoms with Gasteiger partial charge in [-0.25, -0.2) is 0 Å². The number of oxime groups is 1. The summed E-state index contributed by atoms with van der Waals surface area (Å²) in [4.78, 5) is 10.2. The average molecular weight is 136 g/mol. The lowest BCUT2D eigenvalue weighted by atomic mass is 10.3. The fraction of sp³-hybridized carbons (Fsp3) is 0.500. The summed E-state index contributed by atoms with van der Waals surface area (Å²) in [6, 6.07) is 0. The number of alkyl halides is 1. The van der Waals surface area contributed by atoms with Crippen LogP contribution in [0.15, 0.2) is 5.16 Å². The minimum absolute atomic E-state index is 0.00772. The summed E-state index contributed by atoms with van der Waals surface area (Å²) in [5.74, 6) is -0.339. The van der Waals surface area contributed by atoms with Gasteiger partial charge in [0.05, 0.1) is 5.88 Å². The van der Waals surface area contributed by atoms with E-state index >= 15 is 0 Å². The number of halogens is 1. The van der Waals surface area contributed by atoms with E-state index in [0.717, 1.165) is 0 Å². The van der Waals surface area contributed by atoms with Crippen molar-refractivity contribution in [3.8, 4) is 0 Å². The molecule has 0 radical (unpaired) electrons. The highest BCUT2D eigenvalue weighted by atomic mass is 35.5. The summed E-state index contributed by atoms with van der Waals surface area (Å²) >= 11 is 5.15. The van der Waals surface area contributed by atoms with E-state index in [2.05, 4.69) is 5.16 Å². The number of ketones is 1. The predicted octanol–water partition coefficient (Wildman–Crippen LogP) is 0.644. The standard InChI is InChI=1S/C4H6ClNO2/c1-3(7)4(2-5)6-8/h8H,2H2,1H3/b6-4-. The number of hydrogen-bond donors (Lipinski definition) is 1. The van der Waals surface area contributed by atoms with Gasteiger partial charge in [0, 0.05) is 6.92 Å². The van der Waals surface area contributed by atoms with Gasteiger partial charge in [0.25, 0.3) is 0 Å². The molecule has 0 aliphatic carbocycles. The van der Waals surface area contributed by atoms with Crippen LogP contribution in [0, 0.1) is 0 Å². The third-order valence-corrected chi connectivity index (χ3v) is 0.907. The van der Waals surface area contributed by atoms with Gasteiger partial charge in [-0.2, -0.15) is 0 Å². The minimum atomic E-state index is -0.303. The molecule has 0 rings (SSSR count). The Balaban J connectivity index is 3.92. The Labute approximate surface area is 51.9 Å². The Morgan fingerprint density at radius 3 is 2.38 bits per heavy atom. The molecule has 0 heterocycles. The zero-order chi connectivity index (χ0) is 6.57. The van der Waals surface area contributed by atoms with E-state index in [0.29, 0.717) is 0 Å². The van der Waals surface area contributed by atoms with Crippen molar-refractivity contribution in [1.29, 1.82) is 0 Å². The van der Waals surface area contributed by atoms with Crippen LogP contribution in [0.5, 0.6) is 0 Å². The van der Waals surface area contributed by atoms with Crippen LogP contribution in [0.3, 0.4) is 0 Å². The number of Topliss-reactive ketones (excluding diaryl/α,β-unsaturated/α-hetero) is 1. The molecular formula is C4H6ClNO2. The normalized spacial score (nSPS) is 11.5. The maximum absolute atomic E-state index is 10.2. The molecule has 0 bridgehead atoms. The van der Waals surface area contributed by atoms with Crippen molar-refractivity contribution in [2.75, 3.05) is 5.88 Å². The number of hydrogen-bond acceptors (Lipinski definition) is 3. The van der Waals surface area contributed by atoms with Gasteiger partial charge in [0.2, 0.25) is 0 Å². The first kappa shape index (κ1) is 7.43. The molecule has 0 fully saturated rings. The van der Waals surface area contributed by atoms with Crippen LogP contribution in [0.1, 0.15) is 6.92 Å². The second kappa shape index (κ2) is 3.43. The Kier molecular flexibility index (Phi) is 3.19. The maximum atomic E-state index is 10.2. The highest BCUT2D eigenvalue weighted by molar-refractivity contribution is 6.48. The van der Waals surface area contributed by atoms with Crippen molar-refractivity contribution in [2.45, 2.75) is 6.92 Å². The lowest BCUT2D eigenvalue weighted by molar-refractivity contribution is -0.111. The largest absolute Gasteiger partial charge is 0.411 e. The Morgan fingerprint density at radius 1 is 1.88 bits per heavy atom. The Hall–Kier alpha value is -0.570. The third kappa shape index (κ3) is 1.93. The highest BCUT2D eigenvalue weighted by Gasteiger charge is 2.01. The molecule has 1 N–H and O–H groups in total. The molecule has 0 saturated heterocycles. The molecule has 3 nitrogen and oxygen atoms in total. The van der Waals surface area contributed by atoms with Crippen molar-refractivity contribution in [2.24, 2.45) is 5.16 Å². The van der Waals surface area contributed by atoms with Gasteiger partial charge in [0.15, 0.2) is 5.78 Å². The molecule has 0 unspecified atom stereocenters. The second-order valence-corrected chi connectivity index (χ2v) is 1.50. The summed E-state index contributed by atoms with van der Waals surface area (Å²) in [7, 11) is 0. The van der Waals surface area contributed by atoms with Crippen molar-refractivity contribution in [1.82, 2.24) is 0 Å². The third-order valence-electron chi connectivity index (χ3n) is 0.654. The number of carbonyl (C=O) groups is 1. The first-order valence-corrected chi connectivity index (χ1v) is 2.53. The number of nitrogens with zero attached hydrogens (tertiary/aromatic N) is 1. The maximum Gasteiger partial charge on any atom is 0.178 e. The van der Waals surface area contributed by atoms with Crippen LogP contribution in [0.25, 0.3) is 0 Å². The van der Waals surface area contributed by atoms with E-state index in [1.165, 1.54) is 6.92 Å². The van der Waals surface area contributed by atoms with Crippen LogP contribution in [0.2, 0.25) is 0 Å². The van der Waals surface area contributed by atoms with Gasteiger partial charge >= 0.3 is 0 Å². The van der Waals surface area contributed by atoms with Gasteiger partial charge in [-0.15, -0.1) is 11.6 Å². The van der Waals surface area contributed by atoms with Gasteiger partial charge in [-0.1, -0.05) is 5.16 Å². The zero-order valence-electron chi connectivity index (χ0n) is 4.39. The average Bonchev–Trinajstić information content (AvgIpc) is 1.69. The van der Waals surface area contributed by atoms with E-state index in [1.807, 2.05) is 0 Å². The van der Waals surface area contributed by atoms with E-state index in [9.17, 15) is 4.79 Å². The van der Waals surface area contributed by atoms with E-state index in [4.69, 9.17) is 16.8 Å². The van der Waals surface area contributed by atoms with Crippen LogP contribution in [-0.2, 0) is 4.79 Å². The molecule has 0 aliphatic heterocycles. The van der Waals surface area contributed by atoms with E-state index in [-0.39, 0.29) is 17.4 Å². The molecule has 0 aromatic heterocycles. The SMILES string of the molecule is CC(=O)/C(CCl)=N\O. The fourth-order valence-electron chi connectivity index (χ4n) is 0.191. The van der Waals surface area contributed by atoms with Gasteiger partial charge < -0.3 is 5.21 Å². The van der Waals surface area contributed by atoms with Crippen molar-refractivity contribution >= 4 is 23.1 Å². The van der Waals surface area contributed by atoms with Crippen molar-refractivity contribution in [3.05, 3.63) is 0 Å². The molecule has 4 heteroatoms. The zero-order valence-corrected chi connectivity index (χ0v) is 5.14. The molecule has 0 aromatic carbocycles. The topological polar surface area (TPSA) is 49.7 Å². The number of rotatable bonds is 2. The lowest BCUT2D eigenvalue weighted by Gasteiger charge is -1.87. The summed E-state index contributed by atoms with van der Waals surface area (Å²) in [6.45, 7) is 1.29. The molecule has 0 aromatic rings. The predicted molar refractivity (Wildman–Crippen MR) is 30.6 cm³/mol. The quantitative estimate of drug-likeness (QED) is 0.262. The molecule has 8 heavy (non-hydrogen) atoms. The van der Waals surface area contributed by atoms with Crippen LogP contribution in [-0.4, -0.2) is 22.6 Å². The molecule has 0 atom stereocenters. The molecule has 46 valence electrons. The molecule has 0 spiro atoms. The summed E-state index contributed by atoms with van der Waals surface area (Å²) in [6.07, 6.45) is 0. The molecular weight excluding hydrogens is 130 g/mol. The minimum Gasteiger partial charge on any atom is -0.411 e. The fourth-order valence-corrected chi connectivity index (χ4v) is 0.433. The van der Waals surface area contributed by atoms with Crippen molar-refractivity contribution < 1.29 is 10.0 Å². The summed E-state index contributed by atoms with van der Waals surface area (Å²) in [5.41, 5.74) is -0.00772. The summed E-state index contributed by atoms with van der Waals surface area (Å²) < 4.78 is 0. The molecule has 0 saturated carbocycles. The Morgan fingerprint density at radius 2 is 2.38 bits per heavy atom.